The van der Waals surface area contributed by atoms with Gasteiger partial charge < -0.3 is 20.1 Å². The summed E-state index contributed by atoms with van der Waals surface area (Å²) in [5.41, 5.74) is 2.60. The molecule has 0 aliphatic rings. The average molecular weight is 342 g/mol. The van der Waals surface area contributed by atoms with Crippen molar-refractivity contribution in [1.29, 1.82) is 0 Å². The number of benzene rings is 2. The summed E-state index contributed by atoms with van der Waals surface area (Å²) < 4.78 is 10.5. The average Bonchev–Trinajstić information content (AvgIpc) is 2.60. The Bertz CT molecular complexity index is 759. The van der Waals surface area contributed by atoms with E-state index < -0.39 is 0 Å². The number of amides is 2. The molecule has 2 aromatic rings. The van der Waals surface area contributed by atoms with Gasteiger partial charge >= 0.3 is 0 Å². The first-order chi connectivity index (χ1) is 12.0. The van der Waals surface area contributed by atoms with Crippen LogP contribution in [0.15, 0.2) is 42.5 Å². The number of hydrogen-bond donors (Lipinski definition) is 2. The summed E-state index contributed by atoms with van der Waals surface area (Å²) in [6, 6.07) is 12.8. The molecule has 0 unspecified atom stereocenters. The van der Waals surface area contributed by atoms with Crippen LogP contribution in [0.5, 0.6) is 11.5 Å². The maximum atomic E-state index is 11.9. The van der Waals surface area contributed by atoms with Crippen molar-refractivity contribution in [2.75, 3.05) is 25.6 Å². The van der Waals surface area contributed by atoms with Crippen molar-refractivity contribution >= 4 is 17.5 Å². The van der Waals surface area contributed by atoms with E-state index in [4.69, 9.17) is 9.47 Å². The summed E-state index contributed by atoms with van der Waals surface area (Å²) in [7, 11) is 1.58. The van der Waals surface area contributed by atoms with Crippen molar-refractivity contribution in [2.24, 2.45) is 0 Å². The number of anilines is 1. The fourth-order valence-corrected chi connectivity index (χ4v) is 2.18. The molecule has 2 aromatic carbocycles. The van der Waals surface area contributed by atoms with E-state index in [0.717, 1.165) is 16.9 Å². The Kier molecular flexibility index (Phi) is 6.39. The highest BCUT2D eigenvalue weighted by molar-refractivity contribution is 5.95. The van der Waals surface area contributed by atoms with Gasteiger partial charge in [-0.25, -0.2) is 0 Å². The molecule has 0 aliphatic heterocycles. The molecule has 0 saturated heterocycles. The minimum atomic E-state index is -0.358. The Morgan fingerprint density at radius 1 is 1.00 bits per heavy atom. The molecule has 0 atom stereocenters. The molecule has 0 bridgehead atoms. The van der Waals surface area contributed by atoms with Crippen LogP contribution in [0.1, 0.15) is 11.1 Å². The molecule has 2 rings (SSSR count). The highest BCUT2D eigenvalue weighted by Gasteiger charge is 2.08. The highest BCUT2D eigenvalue weighted by Crippen LogP contribution is 2.20. The zero-order valence-corrected chi connectivity index (χ0v) is 14.6. The third-order valence-electron chi connectivity index (χ3n) is 3.51. The van der Waals surface area contributed by atoms with Crippen LogP contribution < -0.4 is 20.1 Å². The molecule has 2 N–H and O–H groups in total. The summed E-state index contributed by atoms with van der Waals surface area (Å²) in [6.45, 7) is 3.55. The van der Waals surface area contributed by atoms with Crippen LogP contribution in [0.25, 0.3) is 0 Å². The number of methoxy groups -OCH3 is 1. The van der Waals surface area contributed by atoms with Crippen LogP contribution in [0, 0.1) is 13.8 Å². The van der Waals surface area contributed by atoms with E-state index in [-0.39, 0.29) is 25.0 Å². The van der Waals surface area contributed by atoms with Crippen molar-refractivity contribution in [1.82, 2.24) is 5.32 Å². The summed E-state index contributed by atoms with van der Waals surface area (Å²) in [4.78, 5) is 23.7. The van der Waals surface area contributed by atoms with Gasteiger partial charge in [-0.05, 0) is 55.3 Å². The number of carbonyl (C=O) groups is 2. The standard InChI is InChI=1S/C19H22N2O4/c1-13-5-4-6-16(9-13)25-12-19(23)20-11-18(22)21-17-8-7-15(24-3)10-14(17)2/h4-10H,11-12H2,1-3H3,(H,20,23)(H,21,22). The Labute approximate surface area is 147 Å². The number of aryl methyl sites for hydroxylation is 2. The summed E-state index contributed by atoms with van der Waals surface area (Å²) >= 11 is 0. The van der Waals surface area contributed by atoms with Gasteiger partial charge in [-0.3, -0.25) is 9.59 Å². The van der Waals surface area contributed by atoms with E-state index in [9.17, 15) is 9.59 Å². The molecule has 25 heavy (non-hydrogen) atoms. The number of carbonyl (C=O) groups excluding carboxylic acids is 2. The van der Waals surface area contributed by atoms with E-state index in [1.54, 1.807) is 25.3 Å². The Morgan fingerprint density at radius 3 is 2.48 bits per heavy atom. The summed E-state index contributed by atoms with van der Waals surface area (Å²) in [6.07, 6.45) is 0. The van der Waals surface area contributed by atoms with Gasteiger partial charge in [-0.2, -0.15) is 0 Å². The molecule has 6 heteroatoms. The second kappa shape index (κ2) is 8.73. The van der Waals surface area contributed by atoms with Gasteiger partial charge in [-0.1, -0.05) is 12.1 Å². The van der Waals surface area contributed by atoms with Gasteiger partial charge in [0.15, 0.2) is 6.61 Å². The van der Waals surface area contributed by atoms with E-state index in [1.807, 2.05) is 38.1 Å². The molecule has 0 saturated carbocycles. The van der Waals surface area contributed by atoms with Crippen LogP contribution >= 0.6 is 0 Å². The lowest BCUT2D eigenvalue weighted by Gasteiger charge is -2.11. The van der Waals surface area contributed by atoms with E-state index >= 15 is 0 Å². The minimum Gasteiger partial charge on any atom is -0.497 e. The fraction of sp³-hybridized carbons (Fsp3) is 0.263. The van der Waals surface area contributed by atoms with Crippen molar-refractivity contribution in [2.45, 2.75) is 13.8 Å². The predicted molar refractivity (Wildman–Crippen MR) is 96.0 cm³/mol. The first kappa shape index (κ1) is 18.3. The van der Waals surface area contributed by atoms with Crippen LogP contribution in [0.3, 0.4) is 0 Å². The van der Waals surface area contributed by atoms with E-state index in [0.29, 0.717) is 11.4 Å². The van der Waals surface area contributed by atoms with Crippen molar-refractivity contribution in [3.05, 3.63) is 53.6 Å². The largest absolute Gasteiger partial charge is 0.497 e. The van der Waals surface area contributed by atoms with E-state index in [1.165, 1.54) is 0 Å². The normalized spacial score (nSPS) is 10.0. The molecule has 0 aliphatic carbocycles. The van der Waals surface area contributed by atoms with Gasteiger partial charge in [0, 0.05) is 5.69 Å². The molecule has 0 fully saturated rings. The Hall–Kier alpha value is -3.02. The molecule has 0 aromatic heterocycles. The van der Waals surface area contributed by atoms with Crippen LogP contribution in [0.2, 0.25) is 0 Å². The van der Waals surface area contributed by atoms with E-state index in [2.05, 4.69) is 10.6 Å². The first-order valence-electron chi connectivity index (χ1n) is 7.88. The molecule has 0 spiro atoms. The number of hydrogen-bond acceptors (Lipinski definition) is 4. The molecule has 6 nitrogen and oxygen atoms in total. The highest BCUT2D eigenvalue weighted by atomic mass is 16.5. The van der Waals surface area contributed by atoms with Gasteiger partial charge in [0.25, 0.3) is 5.91 Å². The van der Waals surface area contributed by atoms with Gasteiger partial charge in [0.2, 0.25) is 5.91 Å². The van der Waals surface area contributed by atoms with Crippen molar-refractivity contribution in [3.8, 4) is 11.5 Å². The van der Waals surface area contributed by atoms with Crippen molar-refractivity contribution < 1.29 is 19.1 Å². The second-order valence-corrected chi connectivity index (χ2v) is 5.61. The molecule has 0 radical (unpaired) electrons. The maximum Gasteiger partial charge on any atom is 0.258 e. The zero-order valence-electron chi connectivity index (χ0n) is 14.6. The molecule has 2 amide bonds. The first-order valence-corrected chi connectivity index (χ1v) is 7.88. The van der Waals surface area contributed by atoms with Crippen LogP contribution in [-0.2, 0) is 9.59 Å². The fourth-order valence-electron chi connectivity index (χ4n) is 2.18. The lowest BCUT2D eigenvalue weighted by atomic mass is 10.2. The quantitative estimate of drug-likeness (QED) is 0.810. The van der Waals surface area contributed by atoms with Gasteiger partial charge in [0.05, 0.1) is 13.7 Å². The molecular weight excluding hydrogens is 320 g/mol. The lowest BCUT2D eigenvalue weighted by Crippen LogP contribution is -2.35. The molecular formula is C19H22N2O4. The second-order valence-electron chi connectivity index (χ2n) is 5.61. The predicted octanol–water partition coefficient (Wildman–Crippen LogP) is 2.45. The maximum absolute atomic E-state index is 11.9. The monoisotopic (exact) mass is 342 g/mol. The van der Waals surface area contributed by atoms with Gasteiger partial charge in [-0.15, -0.1) is 0 Å². The topological polar surface area (TPSA) is 76.7 Å². The molecule has 132 valence electrons. The SMILES string of the molecule is COc1ccc(NC(=O)CNC(=O)COc2cccc(C)c2)c(C)c1. The third kappa shape index (κ3) is 5.84. The summed E-state index contributed by atoms with van der Waals surface area (Å²) in [5.74, 6) is 0.672. The molecule has 0 heterocycles. The lowest BCUT2D eigenvalue weighted by molar-refractivity contribution is -0.125. The Morgan fingerprint density at radius 2 is 1.80 bits per heavy atom. The van der Waals surface area contributed by atoms with Crippen molar-refractivity contribution in [3.63, 3.8) is 0 Å². The van der Waals surface area contributed by atoms with Crippen LogP contribution in [0.4, 0.5) is 5.69 Å². The minimum absolute atomic E-state index is 0.124. The van der Waals surface area contributed by atoms with Gasteiger partial charge in [0.1, 0.15) is 11.5 Å². The zero-order chi connectivity index (χ0) is 18.2. The number of nitrogens with one attached hydrogen (secondary N) is 2. The number of ether oxygens (including phenoxy) is 2. The number of rotatable bonds is 7. The smallest absolute Gasteiger partial charge is 0.258 e. The Balaban J connectivity index is 1.76. The van der Waals surface area contributed by atoms with Crippen LogP contribution in [-0.4, -0.2) is 32.1 Å². The third-order valence-corrected chi connectivity index (χ3v) is 3.51. The summed E-state index contributed by atoms with van der Waals surface area (Å²) in [5, 5.41) is 5.28.